The Kier molecular flexibility index (Phi) is 7.37. The summed E-state index contributed by atoms with van der Waals surface area (Å²) in [5, 5.41) is 32.6. The van der Waals surface area contributed by atoms with Crippen LogP contribution in [0.25, 0.3) is 0 Å². The third kappa shape index (κ3) is 4.52. The van der Waals surface area contributed by atoms with Crippen LogP contribution < -0.4 is 5.32 Å². The molecule has 6 nitrogen and oxygen atoms in total. The minimum Gasteiger partial charge on any atom is -0.479 e. The molecule has 34 heavy (non-hydrogen) atoms. The number of aliphatic carboxylic acids is 1. The predicted octanol–water partition coefficient (Wildman–Crippen LogP) is 3.93. The average Bonchev–Trinajstić information content (AvgIpc) is 3.14. The second-order valence-electron chi connectivity index (χ2n) is 12.6. The zero-order chi connectivity index (χ0) is 24.8. The summed E-state index contributed by atoms with van der Waals surface area (Å²) in [6.07, 6.45) is 6.52. The molecule has 0 bridgehead atoms. The van der Waals surface area contributed by atoms with Crippen LogP contribution in [0.1, 0.15) is 85.0 Å². The van der Waals surface area contributed by atoms with Crippen LogP contribution in [-0.2, 0) is 9.59 Å². The highest BCUT2D eigenvalue weighted by Gasteiger charge is 2.62. The lowest BCUT2D eigenvalue weighted by molar-refractivity contribution is -0.174. The zero-order valence-corrected chi connectivity index (χ0v) is 21.0. The predicted molar refractivity (Wildman–Crippen MR) is 127 cm³/mol. The normalized spacial score (nSPS) is 45.4. The Bertz CT molecular complexity index is 778. The Morgan fingerprint density at radius 3 is 2.41 bits per heavy atom. The molecule has 0 radical (unpaired) electrons. The van der Waals surface area contributed by atoms with Crippen molar-refractivity contribution in [2.24, 2.45) is 46.3 Å². The van der Waals surface area contributed by atoms with E-state index in [4.69, 9.17) is 5.11 Å². The Labute approximate surface area is 203 Å². The summed E-state index contributed by atoms with van der Waals surface area (Å²) in [6, 6.07) is 0. The van der Waals surface area contributed by atoms with Crippen molar-refractivity contribution in [3.63, 3.8) is 0 Å². The lowest BCUT2D eigenvalue weighted by Gasteiger charge is -2.62. The number of aliphatic hydroxyl groups is 2. The Balaban J connectivity index is 1.39. The molecule has 0 spiro atoms. The highest BCUT2D eigenvalue weighted by molar-refractivity contribution is 5.78. The van der Waals surface area contributed by atoms with Crippen LogP contribution in [0.5, 0.6) is 0 Å². The highest BCUT2D eigenvalue weighted by Crippen LogP contribution is 2.68. The number of hydrogen-bond acceptors (Lipinski definition) is 4. The van der Waals surface area contributed by atoms with Gasteiger partial charge in [-0.15, -0.1) is 0 Å². The molecule has 0 saturated heterocycles. The number of carboxylic acid groups (broad SMARTS) is 1. The fraction of sp³-hybridized carbons (Fsp3) is 0.926. The van der Waals surface area contributed by atoms with Gasteiger partial charge < -0.3 is 20.6 Å². The van der Waals surface area contributed by atoms with Crippen molar-refractivity contribution in [2.45, 2.75) is 103 Å². The zero-order valence-electron chi connectivity index (χ0n) is 21.0. The fourth-order valence-electron chi connectivity index (χ4n) is 9.11. The number of carbonyl (C=O) groups is 2. The van der Waals surface area contributed by atoms with Gasteiger partial charge in [0.2, 0.25) is 12.1 Å². The molecule has 4 rings (SSSR count). The van der Waals surface area contributed by atoms with E-state index in [2.05, 4.69) is 26.1 Å². The summed E-state index contributed by atoms with van der Waals surface area (Å²) in [7, 11) is 0. The molecule has 7 heteroatoms. The molecule has 4 aliphatic rings. The summed E-state index contributed by atoms with van der Waals surface area (Å²) in [5.74, 6) is 0.746. The van der Waals surface area contributed by atoms with E-state index in [1.807, 2.05) is 0 Å². The van der Waals surface area contributed by atoms with Gasteiger partial charge in [-0.25, -0.2) is 9.18 Å². The second-order valence-corrected chi connectivity index (χ2v) is 12.6. The van der Waals surface area contributed by atoms with Crippen LogP contribution in [0.3, 0.4) is 0 Å². The Hall–Kier alpha value is -1.21. The monoisotopic (exact) mass is 481 g/mol. The van der Waals surface area contributed by atoms with Crippen LogP contribution in [0.2, 0.25) is 0 Å². The van der Waals surface area contributed by atoms with Crippen molar-refractivity contribution in [3.05, 3.63) is 0 Å². The van der Waals surface area contributed by atoms with E-state index < -0.39 is 18.7 Å². The molecule has 194 valence electrons. The molecule has 0 aliphatic heterocycles. The largest absolute Gasteiger partial charge is 0.479 e. The van der Waals surface area contributed by atoms with Crippen LogP contribution in [0.15, 0.2) is 0 Å². The average molecular weight is 482 g/mol. The first-order valence-corrected chi connectivity index (χ1v) is 13.5. The molecule has 4 fully saturated rings. The van der Waals surface area contributed by atoms with Gasteiger partial charge in [-0.3, -0.25) is 4.79 Å². The van der Waals surface area contributed by atoms with Crippen LogP contribution >= 0.6 is 0 Å². The van der Waals surface area contributed by atoms with Crippen LogP contribution in [0.4, 0.5) is 4.39 Å². The Morgan fingerprint density at radius 1 is 1.03 bits per heavy atom. The fourth-order valence-corrected chi connectivity index (χ4v) is 9.11. The van der Waals surface area contributed by atoms with Crippen molar-refractivity contribution >= 4 is 11.9 Å². The topological polar surface area (TPSA) is 107 Å². The molecule has 11 atom stereocenters. The van der Waals surface area contributed by atoms with Crippen LogP contribution in [-0.4, -0.2) is 52.1 Å². The van der Waals surface area contributed by atoms with Crippen LogP contribution in [0, 0.1) is 46.3 Å². The molecule has 4 aliphatic carbocycles. The van der Waals surface area contributed by atoms with Crippen molar-refractivity contribution < 1.29 is 29.3 Å². The molecule has 4 N–H and O–H groups in total. The van der Waals surface area contributed by atoms with E-state index in [9.17, 15) is 24.2 Å². The maximum Gasteiger partial charge on any atom is 0.340 e. The Morgan fingerprint density at radius 2 is 1.71 bits per heavy atom. The first-order chi connectivity index (χ1) is 16.0. The van der Waals surface area contributed by atoms with Gasteiger partial charge in [0.15, 0.2) is 0 Å². The van der Waals surface area contributed by atoms with Gasteiger partial charge in [0.1, 0.15) is 0 Å². The summed E-state index contributed by atoms with van der Waals surface area (Å²) in [5.41, 5.74) is 0.374. The van der Waals surface area contributed by atoms with Crippen molar-refractivity contribution in [1.82, 2.24) is 5.32 Å². The van der Waals surface area contributed by atoms with Crippen molar-refractivity contribution in [2.75, 3.05) is 6.54 Å². The van der Waals surface area contributed by atoms with E-state index >= 15 is 0 Å². The maximum absolute atomic E-state index is 13.2. The number of carboxylic acids is 1. The van der Waals surface area contributed by atoms with E-state index in [0.717, 1.165) is 51.4 Å². The second kappa shape index (κ2) is 9.68. The molecule has 0 heterocycles. The van der Waals surface area contributed by atoms with E-state index in [1.54, 1.807) is 0 Å². The number of aliphatic hydroxyl groups excluding tert-OH is 2. The number of nitrogens with one attached hydrogen (secondary N) is 1. The molecule has 0 aromatic carbocycles. The lowest BCUT2D eigenvalue weighted by Crippen LogP contribution is -2.58. The third-order valence-corrected chi connectivity index (χ3v) is 11.0. The quantitative estimate of drug-likeness (QED) is 0.441. The van der Waals surface area contributed by atoms with Gasteiger partial charge >= 0.3 is 5.97 Å². The summed E-state index contributed by atoms with van der Waals surface area (Å²) in [6.45, 7) is 6.57. The standard InChI is InChI=1S/C27H44FNO5/c1-15(4-7-23(32)29-14-21(28)25(33)34)18-5-6-19-24-20(9-11-27(18,19)3)26(2)10-8-17(30)12-16(26)13-22(24)31/h15-22,24,30-31H,4-14H2,1-3H3,(H,29,32)(H,33,34)/t15-,16+,17-,18-,19?,20?,21?,22?,24?,26+,27-/m1/s1. The van der Waals surface area contributed by atoms with Crippen molar-refractivity contribution in [3.8, 4) is 0 Å². The number of hydrogen-bond donors (Lipinski definition) is 4. The first kappa shape index (κ1) is 25.9. The minimum absolute atomic E-state index is 0.156. The number of amides is 1. The molecule has 0 aromatic heterocycles. The van der Waals surface area contributed by atoms with E-state index in [-0.39, 0.29) is 35.4 Å². The summed E-state index contributed by atoms with van der Waals surface area (Å²) < 4.78 is 13.2. The smallest absolute Gasteiger partial charge is 0.340 e. The highest BCUT2D eigenvalue weighted by atomic mass is 19.1. The maximum atomic E-state index is 13.2. The number of fused-ring (bicyclic) bond motifs is 5. The molecule has 1 amide bonds. The molecule has 4 saturated carbocycles. The molecular formula is C27H44FNO5. The van der Waals surface area contributed by atoms with Gasteiger partial charge in [0.05, 0.1) is 18.8 Å². The van der Waals surface area contributed by atoms with Gasteiger partial charge in [0, 0.05) is 6.42 Å². The first-order valence-electron chi connectivity index (χ1n) is 13.5. The SMILES string of the molecule is C[C@H](CCC(=O)NCC(F)C(=O)O)[C@H]1CCC2C3C(O)C[C@@H]4C[C@H](O)CC[C@]4(C)C3CC[C@@]21C. The number of alkyl halides is 1. The third-order valence-electron chi connectivity index (χ3n) is 11.0. The molecule has 5 unspecified atom stereocenters. The number of halogens is 1. The van der Waals surface area contributed by atoms with E-state index in [0.29, 0.717) is 41.9 Å². The lowest BCUT2D eigenvalue weighted by atomic mass is 9.43. The van der Waals surface area contributed by atoms with Gasteiger partial charge in [-0.2, -0.15) is 0 Å². The molecule has 0 aromatic rings. The minimum atomic E-state index is -2.07. The van der Waals surface area contributed by atoms with E-state index in [1.165, 1.54) is 0 Å². The van der Waals surface area contributed by atoms with Crippen molar-refractivity contribution in [1.29, 1.82) is 0 Å². The summed E-state index contributed by atoms with van der Waals surface area (Å²) >= 11 is 0. The van der Waals surface area contributed by atoms with Gasteiger partial charge in [-0.05, 0) is 104 Å². The molecular weight excluding hydrogens is 437 g/mol. The van der Waals surface area contributed by atoms with Gasteiger partial charge in [0.25, 0.3) is 0 Å². The van der Waals surface area contributed by atoms with Gasteiger partial charge in [-0.1, -0.05) is 20.8 Å². The summed E-state index contributed by atoms with van der Waals surface area (Å²) in [4.78, 5) is 22.8. The number of carbonyl (C=O) groups excluding carboxylic acids is 1. The number of rotatable bonds is 7.